The van der Waals surface area contributed by atoms with E-state index in [1.807, 2.05) is 19.1 Å². The lowest BCUT2D eigenvalue weighted by Crippen LogP contribution is -2.53. The first-order chi connectivity index (χ1) is 13.9. The zero-order chi connectivity index (χ0) is 20.2. The molecule has 0 spiro atoms. The molecule has 4 heterocycles. The van der Waals surface area contributed by atoms with Crippen molar-refractivity contribution in [1.82, 2.24) is 30.5 Å². The Kier molecular flexibility index (Phi) is 4.18. The highest BCUT2D eigenvalue weighted by Crippen LogP contribution is 2.38. The van der Waals surface area contributed by atoms with Gasteiger partial charge in [-0.25, -0.2) is 0 Å². The summed E-state index contributed by atoms with van der Waals surface area (Å²) in [7, 11) is 2.08. The number of aromatic hydroxyl groups is 1. The van der Waals surface area contributed by atoms with Crippen LogP contribution in [0.15, 0.2) is 36.5 Å². The van der Waals surface area contributed by atoms with Crippen molar-refractivity contribution < 1.29 is 5.11 Å². The minimum atomic E-state index is 0.0579. The third-order valence-electron chi connectivity index (χ3n) is 5.71. The van der Waals surface area contributed by atoms with E-state index < -0.39 is 0 Å². The largest absolute Gasteiger partial charge is 0.507 e. The predicted molar refractivity (Wildman–Crippen MR) is 113 cm³/mol. The highest BCUT2D eigenvalue weighted by atomic mass is 32.1. The lowest BCUT2D eigenvalue weighted by atomic mass is 9.88. The molecule has 150 valence electrons. The predicted octanol–water partition coefficient (Wildman–Crippen LogP) is 2.69. The molecule has 9 heteroatoms. The number of rotatable bonds is 4. The molecular formula is C20H23N7OS. The Morgan fingerprint density at radius 3 is 2.93 bits per heavy atom. The number of phenolic OH excluding ortho intramolecular Hbond substituents is 1. The molecule has 1 saturated heterocycles. The standard InChI is InChI=1S/C20H23N7OS/c1-12-11-21-27(25-12)14-4-5-16(17(28)9-14)18-23-24-19(29-18)26(3)15-8-13-6-7-20(2,10-15)22-13/h4-7,9,11,13,15,22,28H,8,10H2,1-3H3/t13?,15-,20+/m1/s1. The Balaban J connectivity index is 1.37. The van der Waals surface area contributed by atoms with Crippen molar-refractivity contribution in [2.24, 2.45) is 0 Å². The Morgan fingerprint density at radius 2 is 2.21 bits per heavy atom. The van der Waals surface area contributed by atoms with Gasteiger partial charge in [-0.3, -0.25) is 0 Å². The van der Waals surface area contributed by atoms with Crippen LogP contribution in [0, 0.1) is 6.92 Å². The molecule has 8 nitrogen and oxygen atoms in total. The molecular weight excluding hydrogens is 386 g/mol. The fraction of sp³-hybridized carbons (Fsp3) is 0.400. The summed E-state index contributed by atoms with van der Waals surface area (Å²) in [5.74, 6) is 0.138. The normalized spacial score (nSPS) is 25.5. The van der Waals surface area contributed by atoms with Crippen LogP contribution in [-0.4, -0.2) is 55.0 Å². The number of hydrogen-bond acceptors (Lipinski definition) is 8. The third-order valence-corrected chi connectivity index (χ3v) is 6.76. The molecule has 2 aliphatic rings. The van der Waals surface area contributed by atoms with Crippen LogP contribution in [0.1, 0.15) is 25.5 Å². The van der Waals surface area contributed by atoms with Gasteiger partial charge in [-0.15, -0.1) is 10.2 Å². The van der Waals surface area contributed by atoms with E-state index in [1.165, 1.54) is 16.1 Å². The zero-order valence-electron chi connectivity index (χ0n) is 16.6. The van der Waals surface area contributed by atoms with Gasteiger partial charge >= 0.3 is 0 Å². The van der Waals surface area contributed by atoms with Crippen LogP contribution in [0.25, 0.3) is 16.3 Å². The van der Waals surface area contributed by atoms with Crippen molar-refractivity contribution >= 4 is 16.5 Å². The van der Waals surface area contributed by atoms with Crippen LogP contribution in [0.5, 0.6) is 5.75 Å². The fourth-order valence-corrected chi connectivity index (χ4v) is 5.10. The second-order valence-corrected chi connectivity index (χ2v) is 9.05. The highest BCUT2D eigenvalue weighted by Gasteiger charge is 2.40. The first kappa shape index (κ1) is 18.3. The van der Waals surface area contributed by atoms with Crippen molar-refractivity contribution in [3.63, 3.8) is 0 Å². The van der Waals surface area contributed by atoms with E-state index in [-0.39, 0.29) is 11.3 Å². The van der Waals surface area contributed by atoms with Crippen molar-refractivity contribution in [2.75, 3.05) is 11.9 Å². The summed E-state index contributed by atoms with van der Waals surface area (Å²) in [4.78, 5) is 3.72. The van der Waals surface area contributed by atoms with Crippen LogP contribution < -0.4 is 10.2 Å². The minimum Gasteiger partial charge on any atom is -0.507 e. The number of fused-ring (bicyclic) bond motifs is 2. The quantitative estimate of drug-likeness (QED) is 0.640. The number of nitrogens with one attached hydrogen (secondary N) is 1. The molecule has 1 aromatic carbocycles. The second kappa shape index (κ2) is 6.64. The van der Waals surface area contributed by atoms with Crippen LogP contribution in [-0.2, 0) is 0 Å². The third kappa shape index (κ3) is 3.30. The average Bonchev–Trinajstić information content (AvgIpc) is 3.40. The summed E-state index contributed by atoms with van der Waals surface area (Å²) in [5.41, 5.74) is 2.24. The van der Waals surface area contributed by atoms with E-state index in [4.69, 9.17) is 0 Å². The number of nitrogens with zero attached hydrogens (tertiary/aromatic N) is 6. The van der Waals surface area contributed by atoms with Gasteiger partial charge in [-0.05, 0) is 38.8 Å². The smallest absolute Gasteiger partial charge is 0.208 e. The monoisotopic (exact) mass is 409 g/mol. The first-order valence-electron chi connectivity index (χ1n) is 9.66. The lowest BCUT2D eigenvalue weighted by Gasteiger charge is -2.40. The topological polar surface area (TPSA) is 92.0 Å². The molecule has 2 aromatic heterocycles. The van der Waals surface area contributed by atoms with Crippen LogP contribution in [0.4, 0.5) is 5.13 Å². The molecule has 1 unspecified atom stereocenters. The van der Waals surface area contributed by atoms with Crippen molar-refractivity contribution in [3.8, 4) is 22.0 Å². The van der Waals surface area contributed by atoms with Crippen LogP contribution in [0.2, 0.25) is 0 Å². The van der Waals surface area contributed by atoms with E-state index in [1.54, 1.807) is 12.3 Å². The van der Waals surface area contributed by atoms with E-state index in [2.05, 4.69) is 56.7 Å². The Bertz CT molecular complexity index is 1090. The maximum Gasteiger partial charge on any atom is 0.208 e. The number of benzene rings is 1. The van der Waals surface area contributed by atoms with Gasteiger partial charge in [0.05, 0.1) is 23.1 Å². The highest BCUT2D eigenvalue weighted by molar-refractivity contribution is 7.18. The molecule has 2 aliphatic heterocycles. The van der Waals surface area contributed by atoms with Crippen molar-refractivity contribution in [2.45, 2.75) is 44.3 Å². The van der Waals surface area contributed by atoms with Gasteiger partial charge in [-0.1, -0.05) is 23.5 Å². The molecule has 3 aromatic rings. The van der Waals surface area contributed by atoms with Gasteiger partial charge in [-0.2, -0.15) is 15.0 Å². The molecule has 0 saturated carbocycles. The molecule has 2 N–H and O–H groups in total. The van der Waals surface area contributed by atoms with E-state index >= 15 is 0 Å². The van der Waals surface area contributed by atoms with Crippen LogP contribution >= 0.6 is 11.3 Å². The number of hydrogen-bond donors (Lipinski definition) is 2. The second-order valence-electron chi connectivity index (χ2n) is 8.10. The number of anilines is 1. The summed E-state index contributed by atoms with van der Waals surface area (Å²) >= 11 is 1.49. The van der Waals surface area contributed by atoms with Gasteiger partial charge < -0.3 is 15.3 Å². The molecule has 29 heavy (non-hydrogen) atoms. The van der Waals surface area contributed by atoms with Crippen molar-refractivity contribution in [3.05, 3.63) is 42.2 Å². The van der Waals surface area contributed by atoms with Gasteiger partial charge in [0, 0.05) is 30.7 Å². The molecule has 5 rings (SSSR count). The minimum absolute atomic E-state index is 0.0579. The summed E-state index contributed by atoms with van der Waals surface area (Å²) in [5, 5.41) is 33.0. The molecule has 2 bridgehead atoms. The fourth-order valence-electron chi connectivity index (χ4n) is 4.19. The maximum atomic E-state index is 10.6. The molecule has 0 aliphatic carbocycles. The van der Waals surface area contributed by atoms with E-state index in [9.17, 15) is 5.11 Å². The summed E-state index contributed by atoms with van der Waals surface area (Å²) in [6.45, 7) is 4.12. The summed E-state index contributed by atoms with van der Waals surface area (Å²) in [6, 6.07) is 6.17. The van der Waals surface area contributed by atoms with Crippen molar-refractivity contribution in [1.29, 1.82) is 0 Å². The Labute approximate surface area is 172 Å². The van der Waals surface area contributed by atoms with Gasteiger partial charge in [0.25, 0.3) is 0 Å². The maximum absolute atomic E-state index is 10.6. The lowest BCUT2D eigenvalue weighted by molar-refractivity contribution is 0.290. The molecule has 1 fully saturated rings. The number of aryl methyl sites for hydroxylation is 1. The molecule has 0 radical (unpaired) electrons. The first-order valence-corrected chi connectivity index (χ1v) is 10.5. The number of phenols is 1. The van der Waals surface area contributed by atoms with E-state index in [0.29, 0.717) is 28.3 Å². The SMILES string of the molecule is Cc1cnn(-c2ccc(-c3nnc(N(C)[C@@H]4CC5C=C[C@@](C)(C4)N5)s3)c(O)c2)n1. The average molecular weight is 410 g/mol. The number of aromatic nitrogens is 5. The van der Waals surface area contributed by atoms with Gasteiger partial charge in [0.15, 0.2) is 5.01 Å². The Morgan fingerprint density at radius 1 is 1.34 bits per heavy atom. The Hall–Kier alpha value is -2.78. The van der Waals surface area contributed by atoms with Gasteiger partial charge in [0.2, 0.25) is 5.13 Å². The molecule has 3 atom stereocenters. The zero-order valence-corrected chi connectivity index (χ0v) is 17.4. The van der Waals surface area contributed by atoms with Crippen LogP contribution in [0.3, 0.4) is 0 Å². The van der Waals surface area contributed by atoms with E-state index in [0.717, 1.165) is 23.7 Å². The number of piperidine rings is 1. The summed E-state index contributed by atoms with van der Waals surface area (Å²) in [6.07, 6.45) is 8.32. The van der Waals surface area contributed by atoms with Gasteiger partial charge in [0.1, 0.15) is 5.75 Å². The molecule has 0 amide bonds. The summed E-state index contributed by atoms with van der Waals surface area (Å²) < 4.78 is 0.